The maximum Gasteiger partial charge on any atom is 0.133 e. The van der Waals surface area contributed by atoms with Gasteiger partial charge in [-0.25, -0.2) is 0 Å². The van der Waals surface area contributed by atoms with Crippen molar-refractivity contribution in [1.82, 2.24) is 4.90 Å². The number of carbonyl (C=O) groups is 1. The summed E-state index contributed by atoms with van der Waals surface area (Å²) in [7, 11) is -0.750. The Hall–Kier alpha value is -0.220. The highest BCUT2D eigenvalue weighted by atomic mass is 32.2. The second kappa shape index (κ2) is 4.33. The Morgan fingerprint density at radius 1 is 1.46 bits per heavy atom. The van der Waals surface area contributed by atoms with E-state index in [1.54, 1.807) is 0 Å². The summed E-state index contributed by atoms with van der Waals surface area (Å²) in [5.41, 5.74) is 0. The van der Waals surface area contributed by atoms with Crippen molar-refractivity contribution < 1.29 is 9.00 Å². The first kappa shape index (κ1) is 10.9. The Morgan fingerprint density at radius 3 is 2.77 bits per heavy atom. The molecule has 1 rings (SSSR count). The number of rotatable bonds is 2. The van der Waals surface area contributed by atoms with Crippen LogP contribution in [0.25, 0.3) is 0 Å². The van der Waals surface area contributed by atoms with Crippen LogP contribution in [0.15, 0.2) is 0 Å². The summed E-state index contributed by atoms with van der Waals surface area (Å²) in [6, 6.07) is 0. The van der Waals surface area contributed by atoms with Crippen molar-refractivity contribution in [2.45, 2.75) is 25.0 Å². The van der Waals surface area contributed by atoms with Gasteiger partial charge in [-0.3, -0.25) is 9.11 Å². The maximum absolute atomic E-state index is 11.7. The highest BCUT2D eigenvalue weighted by Gasteiger charge is 2.29. The third-order valence-corrected chi connectivity index (χ3v) is 4.56. The molecular weight excluding hydrogens is 186 g/mol. The van der Waals surface area contributed by atoms with Gasteiger partial charge in [0.2, 0.25) is 0 Å². The third-order valence-electron chi connectivity index (χ3n) is 2.57. The SMILES string of the molecule is CC1(C)CCN(CC=O)CCS1=O. The minimum absolute atomic E-state index is 0.0857. The highest BCUT2D eigenvalue weighted by Crippen LogP contribution is 2.21. The van der Waals surface area contributed by atoms with E-state index in [9.17, 15) is 9.00 Å². The molecule has 1 aliphatic heterocycles. The molecule has 0 saturated carbocycles. The van der Waals surface area contributed by atoms with Crippen LogP contribution in [0, 0.1) is 0 Å². The van der Waals surface area contributed by atoms with E-state index in [1.807, 2.05) is 13.8 Å². The van der Waals surface area contributed by atoms with Gasteiger partial charge in [-0.05, 0) is 20.3 Å². The molecule has 0 spiro atoms. The molecule has 0 amide bonds. The van der Waals surface area contributed by atoms with Crippen molar-refractivity contribution in [3.63, 3.8) is 0 Å². The molecule has 0 bridgehead atoms. The monoisotopic (exact) mass is 203 g/mol. The summed E-state index contributed by atoms with van der Waals surface area (Å²) in [5.74, 6) is 0.695. The molecule has 1 unspecified atom stereocenters. The van der Waals surface area contributed by atoms with Gasteiger partial charge in [0.05, 0.1) is 6.54 Å². The molecular formula is C9H17NO2S. The molecule has 0 radical (unpaired) electrons. The Balaban J connectivity index is 2.57. The van der Waals surface area contributed by atoms with Crippen LogP contribution in [0.2, 0.25) is 0 Å². The van der Waals surface area contributed by atoms with Crippen LogP contribution in [0.5, 0.6) is 0 Å². The fourth-order valence-electron chi connectivity index (χ4n) is 1.43. The summed E-state index contributed by atoms with van der Waals surface area (Å²) in [4.78, 5) is 12.4. The number of aldehydes is 1. The molecule has 1 fully saturated rings. The number of hydrogen-bond acceptors (Lipinski definition) is 3. The second-order valence-electron chi connectivity index (χ2n) is 4.03. The summed E-state index contributed by atoms with van der Waals surface area (Å²) < 4.78 is 11.6. The van der Waals surface area contributed by atoms with Gasteiger partial charge >= 0.3 is 0 Å². The first-order valence-electron chi connectivity index (χ1n) is 4.61. The van der Waals surface area contributed by atoms with Crippen molar-refractivity contribution in [1.29, 1.82) is 0 Å². The lowest BCUT2D eigenvalue weighted by Crippen LogP contribution is -2.29. The predicted octanol–water partition coefficient (Wildman–Crippen LogP) is 0.418. The average molecular weight is 203 g/mol. The van der Waals surface area contributed by atoms with Crippen LogP contribution in [-0.2, 0) is 15.6 Å². The highest BCUT2D eigenvalue weighted by molar-refractivity contribution is 7.86. The largest absolute Gasteiger partial charge is 0.302 e. The van der Waals surface area contributed by atoms with Crippen LogP contribution in [0.3, 0.4) is 0 Å². The van der Waals surface area contributed by atoms with E-state index in [0.29, 0.717) is 12.3 Å². The van der Waals surface area contributed by atoms with Gasteiger partial charge < -0.3 is 4.79 Å². The Kier molecular flexibility index (Phi) is 3.62. The quantitative estimate of drug-likeness (QED) is 0.610. The molecule has 0 aliphatic carbocycles. The van der Waals surface area contributed by atoms with Crippen LogP contribution in [-0.4, -0.2) is 45.5 Å². The molecule has 13 heavy (non-hydrogen) atoms. The standard InChI is InChI=1S/C9H17NO2S/c1-9(2)3-4-10(5-7-11)6-8-13(9)12/h7H,3-6,8H2,1-2H3. The van der Waals surface area contributed by atoms with Crippen molar-refractivity contribution in [2.24, 2.45) is 0 Å². The van der Waals surface area contributed by atoms with Crippen molar-refractivity contribution >= 4 is 17.1 Å². The van der Waals surface area contributed by atoms with Gasteiger partial charge in [-0.1, -0.05) is 0 Å². The first-order chi connectivity index (χ1) is 6.06. The van der Waals surface area contributed by atoms with Gasteiger partial charge in [0.25, 0.3) is 0 Å². The predicted molar refractivity (Wildman–Crippen MR) is 54.2 cm³/mol. The lowest BCUT2D eigenvalue weighted by molar-refractivity contribution is -0.108. The zero-order chi connectivity index (χ0) is 9.90. The van der Waals surface area contributed by atoms with E-state index in [0.717, 1.165) is 25.8 Å². The second-order valence-corrected chi connectivity index (χ2v) is 6.23. The van der Waals surface area contributed by atoms with Crippen LogP contribution in [0.1, 0.15) is 20.3 Å². The van der Waals surface area contributed by atoms with E-state index in [4.69, 9.17) is 0 Å². The molecule has 1 heterocycles. The van der Waals surface area contributed by atoms with E-state index < -0.39 is 10.8 Å². The Morgan fingerprint density at radius 2 is 2.15 bits per heavy atom. The Labute approximate surface area is 81.9 Å². The number of carbonyl (C=O) groups excluding carboxylic acids is 1. The minimum Gasteiger partial charge on any atom is -0.302 e. The fourth-order valence-corrected chi connectivity index (χ4v) is 2.72. The van der Waals surface area contributed by atoms with Crippen LogP contribution >= 0.6 is 0 Å². The van der Waals surface area contributed by atoms with Gasteiger partial charge in [-0.15, -0.1) is 0 Å². The molecule has 1 aliphatic rings. The molecule has 1 saturated heterocycles. The van der Waals surface area contributed by atoms with Crippen molar-refractivity contribution in [3.05, 3.63) is 0 Å². The normalized spacial score (nSPS) is 29.5. The topological polar surface area (TPSA) is 37.4 Å². The van der Waals surface area contributed by atoms with E-state index in [1.165, 1.54) is 0 Å². The Bertz CT molecular complexity index is 216. The van der Waals surface area contributed by atoms with Gasteiger partial charge in [-0.2, -0.15) is 0 Å². The number of hydrogen-bond donors (Lipinski definition) is 0. The van der Waals surface area contributed by atoms with E-state index >= 15 is 0 Å². The molecule has 0 N–H and O–H groups in total. The molecule has 0 aromatic heterocycles. The lowest BCUT2D eigenvalue weighted by atomic mass is 10.1. The molecule has 1 atom stereocenters. The third kappa shape index (κ3) is 2.88. The van der Waals surface area contributed by atoms with Gasteiger partial charge in [0.1, 0.15) is 6.29 Å². The van der Waals surface area contributed by atoms with Gasteiger partial charge in [0, 0.05) is 34.4 Å². The summed E-state index contributed by atoms with van der Waals surface area (Å²) in [6.07, 6.45) is 1.83. The van der Waals surface area contributed by atoms with Crippen LogP contribution in [0.4, 0.5) is 0 Å². The molecule has 3 nitrogen and oxygen atoms in total. The van der Waals surface area contributed by atoms with E-state index in [2.05, 4.69) is 4.90 Å². The molecule has 0 aromatic carbocycles. The number of nitrogens with zero attached hydrogens (tertiary/aromatic N) is 1. The maximum atomic E-state index is 11.7. The summed E-state index contributed by atoms with van der Waals surface area (Å²) in [6.45, 7) is 6.22. The summed E-state index contributed by atoms with van der Waals surface area (Å²) >= 11 is 0. The fraction of sp³-hybridized carbons (Fsp3) is 0.889. The van der Waals surface area contributed by atoms with Crippen molar-refractivity contribution in [2.75, 3.05) is 25.4 Å². The average Bonchev–Trinajstić information content (AvgIpc) is 2.19. The minimum atomic E-state index is -0.750. The van der Waals surface area contributed by atoms with Crippen molar-refractivity contribution in [3.8, 4) is 0 Å². The lowest BCUT2D eigenvalue weighted by Gasteiger charge is -2.21. The van der Waals surface area contributed by atoms with Gasteiger partial charge in [0.15, 0.2) is 0 Å². The first-order valence-corrected chi connectivity index (χ1v) is 5.92. The molecule has 0 aromatic rings. The van der Waals surface area contributed by atoms with Crippen LogP contribution < -0.4 is 0 Å². The van der Waals surface area contributed by atoms with E-state index in [-0.39, 0.29) is 4.75 Å². The molecule has 4 heteroatoms. The molecule has 76 valence electrons. The summed E-state index contributed by atoms with van der Waals surface area (Å²) in [5, 5.41) is 0. The smallest absolute Gasteiger partial charge is 0.133 e. The zero-order valence-corrected chi connectivity index (χ0v) is 9.10. The zero-order valence-electron chi connectivity index (χ0n) is 8.28.